The Hall–Kier alpha value is -1.32. The first-order valence-corrected chi connectivity index (χ1v) is 2.47. The van der Waals surface area contributed by atoms with Crippen LogP contribution in [0.2, 0.25) is 0 Å². The van der Waals surface area contributed by atoms with Gasteiger partial charge in [0, 0.05) is 5.57 Å². The Balaban J connectivity index is 2.64. The van der Waals surface area contributed by atoms with Crippen molar-refractivity contribution < 1.29 is 9.59 Å². The largest absolute Gasteiger partial charge is 0.273 e. The van der Waals surface area contributed by atoms with Crippen LogP contribution >= 0.6 is 0 Å². The third-order valence-corrected chi connectivity index (χ3v) is 1.01. The summed E-state index contributed by atoms with van der Waals surface area (Å²) in [5.41, 5.74) is 4.61. The molecule has 0 saturated carbocycles. The number of hydrogen-bond acceptors (Lipinski definition) is 2. The van der Waals surface area contributed by atoms with E-state index in [0.29, 0.717) is 5.57 Å². The first kappa shape index (κ1) is 5.81. The van der Waals surface area contributed by atoms with Crippen molar-refractivity contribution in [1.82, 2.24) is 10.9 Å². The minimum atomic E-state index is -0.311. The second-order valence-electron chi connectivity index (χ2n) is 1.78. The summed E-state index contributed by atoms with van der Waals surface area (Å²) in [7, 11) is 0. The zero-order valence-corrected chi connectivity index (χ0v) is 4.73. The van der Waals surface area contributed by atoms with Gasteiger partial charge in [0.2, 0.25) is 5.91 Å². The summed E-state index contributed by atoms with van der Waals surface area (Å²) in [4.78, 5) is 20.9. The van der Waals surface area contributed by atoms with Gasteiger partial charge in [-0.15, -0.1) is 0 Å². The lowest BCUT2D eigenvalue weighted by atomic mass is 10.2. The number of amides is 2. The highest BCUT2D eigenvalue weighted by atomic mass is 16.2. The predicted octanol–water partition coefficient (Wildman–Crippen LogP) is -0.906. The van der Waals surface area contributed by atoms with Crippen molar-refractivity contribution >= 4 is 11.8 Å². The summed E-state index contributed by atoms with van der Waals surface area (Å²) in [5.74, 6) is -0.533. The molecule has 1 heterocycles. The van der Waals surface area contributed by atoms with Crippen LogP contribution in [0.5, 0.6) is 0 Å². The van der Waals surface area contributed by atoms with Crippen molar-refractivity contribution in [3.8, 4) is 0 Å². The van der Waals surface area contributed by atoms with Gasteiger partial charge in [-0.2, -0.15) is 0 Å². The molecule has 0 bridgehead atoms. The molecule has 1 saturated heterocycles. The molecule has 1 fully saturated rings. The van der Waals surface area contributed by atoms with Crippen LogP contribution in [-0.2, 0) is 9.59 Å². The van der Waals surface area contributed by atoms with Crippen molar-refractivity contribution in [3.05, 3.63) is 12.2 Å². The summed E-state index contributed by atoms with van der Waals surface area (Å²) >= 11 is 0. The molecule has 0 aromatic heterocycles. The van der Waals surface area contributed by atoms with Crippen molar-refractivity contribution in [3.63, 3.8) is 0 Å². The molecular formula is C5H6N2O2. The van der Waals surface area contributed by atoms with E-state index >= 15 is 0 Å². The third kappa shape index (κ3) is 1.07. The Morgan fingerprint density at radius 2 is 2.00 bits per heavy atom. The number of carbonyl (C=O) groups is 2. The molecule has 4 heteroatoms. The van der Waals surface area contributed by atoms with Gasteiger partial charge in [-0.1, -0.05) is 6.58 Å². The number of carbonyl (C=O) groups excluding carboxylic acids is 2. The molecule has 0 radical (unpaired) electrons. The van der Waals surface area contributed by atoms with Crippen LogP contribution < -0.4 is 10.9 Å². The van der Waals surface area contributed by atoms with Gasteiger partial charge in [0.05, 0.1) is 6.42 Å². The van der Waals surface area contributed by atoms with Gasteiger partial charge in [-0.05, 0) is 0 Å². The van der Waals surface area contributed by atoms with Crippen LogP contribution in [0.25, 0.3) is 0 Å². The number of rotatable bonds is 0. The van der Waals surface area contributed by atoms with E-state index in [-0.39, 0.29) is 18.2 Å². The standard InChI is InChI=1S/C5H6N2O2/c1-3-2-4(8)6-7-5(3)9/h1-2H2,(H,6,8)(H,7,9). The van der Waals surface area contributed by atoms with Gasteiger partial charge in [0.1, 0.15) is 0 Å². The lowest BCUT2D eigenvalue weighted by molar-refractivity contribution is -0.130. The summed E-state index contributed by atoms with van der Waals surface area (Å²) in [6.45, 7) is 3.37. The smallest absolute Gasteiger partial charge is 0.265 e. The van der Waals surface area contributed by atoms with E-state index in [1.165, 1.54) is 0 Å². The van der Waals surface area contributed by atoms with Crippen LogP contribution in [0.15, 0.2) is 12.2 Å². The van der Waals surface area contributed by atoms with E-state index in [2.05, 4.69) is 17.4 Å². The first-order valence-electron chi connectivity index (χ1n) is 2.47. The van der Waals surface area contributed by atoms with E-state index in [1.54, 1.807) is 0 Å². The topological polar surface area (TPSA) is 58.2 Å². The fraction of sp³-hybridized carbons (Fsp3) is 0.200. The molecule has 0 aliphatic carbocycles. The zero-order valence-electron chi connectivity index (χ0n) is 4.73. The van der Waals surface area contributed by atoms with Crippen LogP contribution in [-0.4, -0.2) is 11.8 Å². The van der Waals surface area contributed by atoms with Crippen molar-refractivity contribution in [2.45, 2.75) is 6.42 Å². The summed E-state index contributed by atoms with van der Waals surface area (Å²) in [6.07, 6.45) is 0.103. The molecule has 4 nitrogen and oxygen atoms in total. The maximum Gasteiger partial charge on any atom is 0.265 e. The molecule has 1 rings (SSSR count). The molecule has 1 aliphatic rings. The molecule has 2 N–H and O–H groups in total. The lowest BCUT2D eigenvalue weighted by Crippen LogP contribution is -2.47. The fourth-order valence-corrected chi connectivity index (χ4v) is 0.533. The Labute approximate surface area is 51.9 Å². The van der Waals surface area contributed by atoms with Gasteiger partial charge in [0.25, 0.3) is 5.91 Å². The van der Waals surface area contributed by atoms with Crippen LogP contribution in [0.1, 0.15) is 6.42 Å². The molecule has 0 atom stereocenters. The molecule has 0 spiro atoms. The number of nitrogens with one attached hydrogen (secondary N) is 2. The zero-order chi connectivity index (χ0) is 6.85. The second-order valence-corrected chi connectivity index (χ2v) is 1.78. The number of hydrogen-bond donors (Lipinski definition) is 2. The van der Waals surface area contributed by atoms with Gasteiger partial charge in [-0.25, -0.2) is 0 Å². The average Bonchev–Trinajstić information content (AvgIpc) is 1.80. The van der Waals surface area contributed by atoms with E-state index in [4.69, 9.17) is 0 Å². The minimum Gasteiger partial charge on any atom is -0.273 e. The fourth-order valence-electron chi connectivity index (χ4n) is 0.533. The van der Waals surface area contributed by atoms with Gasteiger partial charge in [0.15, 0.2) is 0 Å². The highest BCUT2D eigenvalue weighted by Gasteiger charge is 2.16. The summed E-state index contributed by atoms with van der Waals surface area (Å²) < 4.78 is 0. The SMILES string of the molecule is C=C1CC(=O)NNC1=O. The molecule has 48 valence electrons. The molecule has 1 aliphatic heterocycles. The third-order valence-electron chi connectivity index (χ3n) is 1.01. The molecule has 9 heavy (non-hydrogen) atoms. The quantitative estimate of drug-likeness (QED) is 0.413. The number of hydrazine groups is 1. The highest BCUT2D eigenvalue weighted by Crippen LogP contribution is 1.99. The highest BCUT2D eigenvalue weighted by molar-refractivity contribution is 6.01. The molecular weight excluding hydrogens is 120 g/mol. The normalized spacial score (nSPS) is 18.9. The maximum atomic E-state index is 10.5. The van der Waals surface area contributed by atoms with Crippen molar-refractivity contribution in [2.75, 3.05) is 0 Å². The molecule has 0 aromatic rings. The Kier molecular flexibility index (Phi) is 1.22. The van der Waals surface area contributed by atoms with E-state index < -0.39 is 0 Å². The first-order chi connectivity index (χ1) is 4.20. The van der Waals surface area contributed by atoms with Crippen molar-refractivity contribution in [1.29, 1.82) is 0 Å². The monoisotopic (exact) mass is 126 g/mol. The van der Waals surface area contributed by atoms with Gasteiger partial charge >= 0.3 is 0 Å². The molecule has 0 unspecified atom stereocenters. The minimum absolute atomic E-state index is 0.103. The van der Waals surface area contributed by atoms with E-state index in [0.717, 1.165) is 0 Å². The van der Waals surface area contributed by atoms with Crippen LogP contribution in [0, 0.1) is 0 Å². The van der Waals surface area contributed by atoms with Crippen LogP contribution in [0.3, 0.4) is 0 Å². The Morgan fingerprint density at radius 3 is 2.44 bits per heavy atom. The summed E-state index contributed by atoms with van der Waals surface area (Å²) in [5, 5.41) is 0. The molecule has 0 aromatic carbocycles. The molecule has 2 amide bonds. The predicted molar refractivity (Wildman–Crippen MR) is 30.0 cm³/mol. The summed E-state index contributed by atoms with van der Waals surface area (Å²) in [6, 6.07) is 0. The van der Waals surface area contributed by atoms with Gasteiger partial charge in [-0.3, -0.25) is 20.4 Å². The maximum absolute atomic E-state index is 10.5. The average molecular weight is 126 g/mol. The van der Waals surface area contributed by atoms with E-state index in [1.807, 2.05) is 0 Å². The second kappa shape index (κ2) is 1.89. The van der Waals surface area contributed by atoms with Crippen LogP contribution in [0.4, 0.5) is 0 Å². The Morgan fingerprint density at radius 1 is 1.33 bits per heavy atom. The Bertz CT molecular complexity index is 185. The van der Waals surface area contributed by atoms with E-state index in [9.17, 15) is 9.59 Å². The van der Waals surface area contributed by atoms with Gasteiger partial charge < -0.3 is 0 Å². The lowest BCUT2D eigenvalue weighted by Gasteiger charge is -2.13. The van der Waals surface area contributed by atoms with Crippen molar-refractivity contribution in [2.24, 2.45) is 0 Å².